The smallest absolute Gasteiger partial charge is 0.244 e. The van der Waals surface area contributed by atoms with Crippen molar-refractivity contribution in [1.29, 1.82) is 0 Å². The highest BCUT2D eigenvalue weighted by Crippen LogP contribution is 2.65. The van der Waals surface area contributed by atoms with Crippen LogP contribution in [0.15, 0.2) is 30.4 Å². The highest BCUT2D eigenvalue weighted by molar-refractivity contribution is 6.09. The average Bonchev–Trinajstić information content (AvgIpc) is 3.40. The molecule has 6 rings (SSSR count). The van der Waals surface area contributed by atoms with Crippen LogP contribution in [0.1, 0.15) is 17.5 Å². The van der Waals surface area contributed by atoms with Gasteiger partial charge in [0.1, 0.15) is 6.54 Å². The number of imide groups is 1. The first-order valence-corrected chi connectivity index (χ1v) is 9.37. The summed E-state index contributed by atoms with van der Waals surface area (Å²) < 4.78 is 0. The lowest BCUT2D eigenvalue weighted by atomic mass is 9.63. The van der Waals surface area contributed by atoms with Crippen molar-refractivity contribution in [3.63, 3.8) is 0 Å². The Balaban J connectivity index is 1.34. The number of likely N-dealkylation sites (tertiary alicyclic amines) is 1. The number of carbonyl (C=O) groups is 3. The molecule has 1 N–H and O–H groups in total. The second-order valence-electron chi connectivity index (χ2n) is 8.21. The fourth-order valence-electron chi connectivity index (χ4n) is 5.39. The van der Waals surface area contributed by atoms with Crippen LogP contribution in [0.3, 0.4) is 0 Å². The van der Waals surface area contributed by atoms with Gasteiger partial charge >= 0.3 is 0 Å². The lowest BCUT2D eigenvalue weighted by Gasteiger charge is -2.37. The standard InChI is InChI=1S/C21H22N2O3/c1-10-4-3-5-16(11(10)2)22-17(24)9-23-20(25)18-12-6-7-13(15-8-14(12)15)19(18)21(23)26/h3-7,12-15,18-19H,8-9H2,1-2H3,(H,22,24)/t12-,13-,14-,15-,18+,19+/m0/s1. The zero-order valence-corrected chi connectivity index (χ0v) is 14.9. The summed E-state index contributed by atoms with van der Waals surface area (Å²) in [7, 11) is 0. The number of hydrogen-bond acceptors (Lipinski definition) is 3. The molecule has 0 spiro atoms. The Kier molecular flexibility index (Phi) is 3.21. The molecule has 5 aliphatic rings. The third-order valence-electron chi connectivity index (χ3n) is 6.93. The molecule has 3 fully saturated rings. The van der Waals surface area contributed by atoms with Gasteiger partial charge in [-0.3, -0.25) is 19.3 Å². The van der Waals surface area contributed by atoms with Crippen molar-refractivity contribution in [3.8, 4) is 0 Å². The number of benzene rings is 1. The maximum Gasteiger partial charge on any atom is 0.244 e. The van der Waals surface area contributed by atoms with Gasteiger partial charge in [0.05, 0.1) is 11.8 Å². The average molecular weight is 350 g/mol. The number of nitrogens with zero attached hydrogens (tertiary/aromatic N) is 1. The van der Waals surface area contributed by atoms with Crippen LogP contribution < -0.4 is 5.32 Å². The van der Waals surface area contributed by atoms with Crippen LogP contribution in [0.4, 0.5) is 5.69 Å². The monoisotopic (exact) mass is 350 g/mol. The first-order chi connectivity index (χ1) is 12.5. The number of aryl methyl sites for hydroxylation is 1. The van der Waals surface area contributed by atoms with E-state index in [0.717, 1.165) is 23.2 Å². The van der Waals surface area contributed by atoms with E-state index in [2.05, 4.69) is 17.5 Å². The molecule has 4 aliphatic carbocycles. The van der Waals surface area contributed by atoms with Crippen LogP contribution >= 0.6 is 0 Å². The predicted molar refractivity (Wildman–Crippen MR) is 96.0 cm³/mol. The first kappa shape index (κ1) is 15.8. The summed E-state index contributed by atoms with van der Waals surface area (Å²) in [6.07, 6.45) is 5.43. The minimum Gasteiger partial charge on any atom is -0.324 e. The summed E-state index contributed by atoms with van der Waals surface area (Å²) in [6.45, 7) is 3.74. The third-order valence-corrected chi connectivity index (χ3v) is 6.93. The lowest BCUT2D eigenvalue weighted by Crippen LogP contribution is -2.40. The number of hydrogen-bond donors (Lipinski definition) is 1. The summed E-state index contributed by atoms with van der Waals surface area (Å²) >= 11 is 0. The Morgan fingerprint density at radius 2 is 1.69 bits per heavy atom. The minimum absolute atomic E-state index is 0.152. The van der Waals surface area contributed by atoms with Gasteiger partial charge in [-0.25, -0.2) is 0 Å². The van der Waals surface area contributed by atoms with Crippen molar-refractivity contribution in [3.05, 3.63) is 41.5 Å². The molecule has 26 heavy (non-hydrogen) atoms. The van der Waals surface area contributed by atoms with Crippen molar-refractivity contribution in [2.45, 2.75) is 20.3 Å². The molecule has 2 saturated carbocycles. The van der Waals surface area contributed by atoms with E-state index in [-0.39, 0.29) is 47.9 Å². The number of allylic oxidation sites excluding steroid dienone is 2. The Hall–Kier alpha value is -2.43. The molecule has 0 radical (unpaired) electrons. The van der Waals surface area contributed by atoms with Crippen LogP contribution in [-0.2, 0) is 14.4 Å². The molecule has 3 amide bonds. The highest BCUT2D eigenvalue weighted by Gasteiger charge is 2.67. The Bertz CT molecular complexity index is 838. The van der Waals surface area contributed by atoms with Crippen LogP contribution in [0.25, 0.3) is 0 Å². The van der Waals surface area contributed by atoms with Crippen LogP contribution in [0.2, 0.25) is 0 Å². The van der Waals surface area contributed by atoms with Gasteiger partial charge in [0, 0.05) is 5.69 Å². The van der Waals surface area contributed by atoms with E-state index < -0.39 is 0 Å². The number of amides is 3. The van der Waals surface area contributed by atoms with Gasteiger partial charge in [0.2, 0.25) is 17.7 Å². The van der Waals surface area contributed by atoms with Gasteiger partial charge in [0.15, 0.2) is 0 Å². The number of carbonyl (C=O) groups excluding carboxylic acids is 3. The molecule has 1 aromatic rings. The van der Waals surface area contributed by atoms with Gasteiger partial charge in [0.25, 0.3) is 0 Å². The fourth-order valence-corrected chi connectivity index (χ4v) is 5.39. The maximum absolute atomic E-state index is 12.9. The number of anilines is 1. The first-order valence-electron chi connectivity index (χ1n) is 9.37. The fraction of sp³-hybridized carbons (Fsp3) is 0.476. The largest absolute Gasteiger partial charge is 0.324 e. The summed E-state index contributed by atoms with van der Waals surface area (Å²) in [4.78, 5) is 39.5. The van der Waals surface area contributed by atoms with Crippen LogP contribution in [0, 0.1) is 49.4 Å². The van der Waals surface area contributed by atoms with Crippen molar-refractivity contribution in [1.82, 2.24) is 4.90 Å². The summed E-state index contributed by atoms with van der Waals surface area (Å²) in [5.41, 5.74) is 2.81. The van der Waals surface area contributed by atoms with Crippen LogP contribution in [0.5, 0.6) is 0 Å². The molecule has 1 aliphatic heterocycles. The third kappa shape index (κ3) is 2.06. The molecule has 6 atom stereocenters. The quantitative estimate of drug-likeness (QED) is 0.672. The molecule has 0 unspecified atom stereocenters. The van der Waals surface area contributed by atoms with E-state index in [0.29, 0.717) is 11.8 Å². The number of rotatable bonds is 3. The van der Waals surface area contributed by atoms with Gasteiger partial charge in [-0.1, -0.05) is 24.3 Å². The lowest BCUT2D eigenvalue weighted by molar-refractivity contribution is -0.142. The SMILES string of the molecule is Cc1cccc(NC(=O)CN2C(=O)[C@@H]3[C@H]4C=C[C@@H]([C@@H]5C[C@@H]45)[C@H]3C2=O)c1C. The highest BCUT2D eigenvalue weighted by atomic mass is 16.2. The van der Waals surface area contributed by atoms with E-state index >= 15 is 0 Å². The van der Waals surface area contributed by atoms with Crippen molar-refractivity contribution in [2.75, 3.05) is 11.9 Å². The minimum atomic E-state index is -0.315. The van der Waals surface area contributed by atoms with E-state index in [1.165, 1.54) is 4.90 Å². The number of nitrogens with one attached hydrogen (secondary N) is 1. The summed E-state index contributed by atoms with van der Waals surface area (Å²) in [5.74, 6) is 0.436. The molecular formula is C21H22N2O3. The Morgan fingerprint density at radius 1 is 1.08 bits per heavy atom. The molecule has 1 heterocycles. The van der Waals surface area contributed by atoms with E-state index in [9.17, 15) is 14.4 Å². The summed E-state index contributed by atoms with van der Waals surface area (Å²) in [5, 5.41) is 2.86. The Morgan fingerprint density at radius 3 is 2.31 bits per heavy atom. The van der Waals surface area contributed by atoms with Gasteiger partial charge in [-0.15, -0.1) is 0 Å². The van der Waals surface area contributed by atoms with Crippen molar-refractivity contribution >= 4 is 23.4 Å². The van der Waals surface area contributed by atoms with Gasteiger partial charge in [-0.2, -0.15) is 0 Å². The van der Waals surface area contributed by atoms with E-state index in [1.54, 1.807) is 0 Å². The van der Waals surface area contributed by atoms with Crippen molar-refractivity contribution in [2.24, 2.45) is 35.5 Å². The van der Waals surface area contributed by atoms with Crippen LogP contribution in [-0.4, -0.2) is 29.2 Å². The molecule has 5 heteroatoms. The second-order valence-corrected chi connectivity index (χ2v) is 8.21. The predicted octanol–water partition coefficient (Wildman–Crippen LogP) is 2.30. The zero-order chi connectivity index (χ0) is 18.2. The molecular weight excluding hydrogens is 328 g/mol. The molecule has 2 bridgehead atoms. The topological polar surface area (TPSA) is 66.5 Å². The maximum atomic E-state index is 12.9. The Labute approximate surface area is 152 Å². The van der Waals surface area contributed by atoms with Crippen molar-refractivity contribution < 1.29 is 14.4 Å². The molecule has 134 valence electrons. The second kappa shape index (κ2) is 5.29. The van der Waals surface area contributed by atoms with Gasteiger partial charge < -0.3 is 5.32 Å². The zero-order valence-electron chi connectivity index (χ0n) is 14.9. The normalized spacial score (nSPS) is 36.2. The molecule has 0 aromatic heterocycles. The molecule has 5 nitrogen and oxygen atoms in total. The van der Waals surface area contributed by atoms with Gasteiger partial charge in [-0.05, 0) is 61.1 Å². The summed E-state index contributed by atoms with van der Waals surface area (Å²) in [6, 6.07) is 5.71. The molecule has 1 aromatic carbocycles. The van der Waals surface area contributed by atoms with E-state index in [4.69, 9.17) is 0 Å². The van der Waals surface area contributed by atoms with E-state index in [1.807, 2.05) is 32.0 Å². The molecule has 1 saturated heterocycles.